The zero-order valence-corrected chi connectivity index (χ0v) is 24.2. The third-order valence-electron chi connectivity index (χ3n) is 11.3. The highest BCUT2D eigenvalue weighted by atomic mass is 32.1. The van der Waals surface area contributed by atoms with E-state index in [1.54, 1.807) is 20.8 Å². The molecule has 5 N–H and O–H groups in total. The molecule has 3 unspecified atom stereocenters. The molecular formula is C29H44F2O7S. The summed E-state index contributed by atoms with van der Waals surface area (Å²) < 4.78 is 33.5. The summed E-state index contributed by atoms with van der Waals surface area (Å²) in [6.45, 7) is 6.52. The van der Waals surface area contributed by atoms with Crippen LogP contribution in [0.4, 0.5) is 8.78 Å². The smallest absolute Gasteiger partial charge is 0.176 e. The van der Waals surface area contributed by atoms with Crippen LogP contribution in [0.3, 0.4) is 0 Å². The molecule has 0 bridgehead atoms. The molecule has 9 atom stereocenters. The predicted octanol–water partition coefficient (Wildman–Crippen LogP) is 3.20. The highest BCUT2D eigenvalue weighted by Crippen LogP contribution is 2.76. The lowest BCUT2D eigenvalue weighted by Crippen LogP contribution is -2.73. The number of halogens is 2. The van der Waals surface area contributed by atoms with Crippen LogP contribution < -0.4 is 0 Å². The number of fused-ring (bicyclic) bond motifs is 5. The summed E-state index contributed by atoms with van der Waals surface area (Å²) in [7, 11) is 0. The van der Waals surface area contributed by atoms with E-state index in [-0.39, 0.29) is 62.7 Å². The molecule has 3 fully saturated rings. The summed E-state index contributed by atoms with van der Waals surface area (Å²) in [5.41, 5.74) is -7.61. The molecule has 0 aliphatic heterocycles. The zero-order valence-electron chi connectivity index (χ0n) is 23.3. The maximum absolute atomic E-state index is 17.7. The van der Waals surface area contributed by atoms with Crippen molar-refractivity contribution in [3.8, 4) is 0 Å². The normalized spacial score (nSPS) is 44.4. The molecule has 222 valence electrons. The Kier molecular flexibility index (Phi) is 7.83. The lowest BCUT2D eigenvalue weighted by atomic mass is 9.41. The van der Waals surface area contributed by atoms with E-state index in [4.69, 9.17) is 0 Å². The number of hydrogen-bond acceptors (Lipinski definition) is 8. The van der Waals surface area contributed by atoms with Crippen molar-refractivity contribution in [2.75, 3.05) is 5.75 Å². The molecule has 0 saturated heterocycles. The van der Waals surface area contributed by atoms with Gasteiger partial charge in [-0.3, -0.25) is 9.59 Å². The van der Waals surface area contributed by atoms with Crippen LogP contribution in [-0.4, -0.2) is 72.4 Å². The molecule has 0 amide bonds. The Balaban J connectivity index is 2.00. The van der Waals surface area contributed by atoms with E-state index in [1.165, 1.54) is 13.0 Å². The van der Waals surface area contributed by atoms with Gasteiger partial charge in [0.1, 0.15) is 11.8 Å². The van der Waals surface area contributed by atoms with Gasteiger partial charge in [0.15, 0.2) is 23.1 Å². The molecule has 0 radical (unpaired) electrons. The summed E-state index contributed by atoms with van der Waals surface area (Å²) in [4.78, 5) is 26.2. The summed E-state index contributed by atoms with van der Waals surface area (Å²) >= 11 is 4.18. The van der Waals surface area contributed by atoms with E-state index in [0.717, 1.165) is 0 Å². The van der Waals surface area contributed by atoms with Gasteiger partial charge in [0.25, 0.3) is 0 Å². The number of alkyl halides is 2. The molecule has 4 aliphatic carbocycles. The van der Waals surface area contributed by atoms with Crippen molar-refractivity contribution in [3.05, 3.63) is 11.6 Å². The van der Waals surface area contributed by atoms with Crippen molar-refractivity contribution < 1.29 is 43.9 Å². The molecule has 0 heterocycles. The van der Waals surface area contributed by atoms with Crippen LogP contribution >= 0.6 is 12.6 Å². The number of carbonyl (C=O) groups is 2. The highest BCUT2D eigenvalue weighted by molar-refractivity contribution is 7.81. The molecule has 4 aliphatic rings. The third kappa shape index (κ3) is 3.84. The second-order valence-corrected chi connectivity index (χ2v) is 13.4. The van der Waals surface area contributed by atoms with Crippen molar-refractivity contribution in [2.24, 2.45) is 34.0 Å². The molecule has 39 heavy (non-hydrogen) atoms. The number of aliphatic hydroxyl groups excluding tert-OH is 1. The van der Waals surface area contributed by atoms with Gasteiger partial charge >= 0.3 is 0 Å². The Bertz CT molecular complexity index is 1050. The van der Waals surface area contributed by atoms with Crippen LogP contribution in [0, 0.1) is 34.0 Å². The Labute approximate surface area is 234 Å². The second-order valence-electron chi connectivity index (χ2n) is 13.1. The quantitative estimate of drug-likeness (QED) is 0.194. The van der Waals surface area contributed by atoms with Crippen LogP contribution in [0.2, 0.25) is 0 Å². The second kappa shape index (κ2) is 9.83. The number of hydrogen-bond donors (Lipinski definition) is 6. The zero-order chi connectivity index (χ0) is 29.4. The van der Waals surface area contributed by atoms with Gasteiger partial charge in [-0.15, -0.1) is 0 Å². The number of carbonyl (C=O) groups excluding carboxylic acids is 2. The van der Waals surface area contributed by atoms with E-state index >= 15 is 8.78 Å². The van der Waals surface area contributed by atoms with E-state index in [2.05, 4.69) is 12.6 Å². The number of ketones is 2. The fourth-order valence-electron chi connectivity index (χ4n) is 9.85. The minimum Gasteiger partial charge on any atom is -0.390 e. The largest absolute Gasteiger partial charge is 0.390 e. The van der Waals surface area contributed by atoms with Gasteiger partial charge in [-0.25, -0.2) is 8.78 Å². The number of Topliss-reactive ketones (excluding diaryl/α,β-unsaturated/α-hetero) is 1. The maximum Gasteiger partial charge on any atom is 0.176 e. The first-order valence-corrected chi connectivity index (χ1v) is 14.9. The van der Waals surface area contributed by atoms with Gasteiger partial charge < -0.3 is 25.5 Å². The first kappa shape index (κ1) is 31.0. The minimum absolute atomic E-state index is 0.00421. The Morgan fingerprint density at radius 3 is 2.28 bits per heavy atom. The molecular weight excluding hydrogens is 530 g/mol. The third-order valence-corrected chi connectivity index (χ3v) is 11.6. The molecule has 0 aromatic carbocycles. The molecule has 10 heteroatoms. The highest BCUT2D eigenvalue weighted by Gasteiger charge is 2.82. The molecule has 3 saturated carbocycles. The number of aliphatic hydroxyl groups is 5. The van der Waals surface area contributed by atoms with Crippen molar-refractivity contribution in [2.45, 2.75) is 115 Å². The van der Waals surface area contributed by atoms with Crippen LogP contribution in [0.5, 0.6) is 0 Å². The monoisotopic (exact) mass is 574 g/mol. The van der Waals surface area contributed by atoms with Gasteiger partial charge in [0.2, 0.25) is 0 Å². The topological polar surface area (TPSA) is 135 Å². The maximum atomic E-state index is 17.7. The van der Waals surface area contributed by atoms with Crippen molar-refractivity contribution in [1.82, 2.24) is 0 Å². The molecule has 0 aromatic rings. The fraction of sp³-hybridized carbons (Fsp3) is 0.862. The SMILES string of the molecule is CCCC(O)(O)C1C[C@H]2[C@@H]3CC(F)C4=CC(=O)CC[C@]4(C)[C@@]3(F)C(O)C[C@]2(C)[C@]1(C(=O)CS)C(O)(O)CCC. The first-order valence-electron chi connectivity index (χ1n) is 14.3. The fourth-order valence-corrected chi connectivity index (χ4v) is 10.1. The van der Waals surface area contributed by atoms with Crippen molar-refractivity contribution in [3.63, 3.8) is 0 Å². The predicted molar refractivity (Wildman–Crippen MR) is 143 cm³/mol. The van der Waals surface area contributed by atoms with Crippen LogP contribution in [0.15, 0.2) is 11.6 Å². The number of rotatable bonds is 8. The van der Waals surface area contributed by atoms with Gasteiger partial charge in [-0.05, 0) is 48.7 Å². The lowest BCUT2D eigenvalue weighted by molar-refractivity contribution is -0.326. The summed E-state index contributed by atoms with van der Waals surface area (Å²) in [5.74, 6) is -10.3. The summed E-state index contributed by atoms with van der Waals surface area (Å²) in [5, 5.41) is 57.9. The van der Waals surface area contributed by atoms with Crippen molar-refractivity contribution in [1.29, 1.82) is 0 Å². The van der Waals surface area contributed by atoms with Crippen molar-refractivity contribution >= 4 is 24.2 Å². The number of allylic oxidation sites excluding steroid dienone is 1. The first-order chi connectivity index (χ1) is 18.0. The van der Waals surface area contributed by atoms with E-state index in [9.17, 15) is 35.1 Å². The summed E-state index contributed by atoms with van der Waals surface area (Å²) in [6, 6.07) is 0. The van der Waals surface area contributed by atoms with Gasteiger partial charge in [0.05, 0.1) is 17.3 Å². The molecule has 0 aromatic heterocycles. The van der Waals surface area contributed by atoms with Gasteiger partial charge in [-0.1, -0.05) is 40.5 Å². The van der Waals surface area contributed by atoms with E-state index in [0.29, 0.717) is 6.42 Å². The van der Waals surface area contributed by atoms with Gasteiger partial charge in [-0.2, -0.15) is 12.6 Å². The Hall–Kier alpha value is -0.910. The standard InChI is InChI=1S/C29H44F2O7S/c1-5-8-26(35,36)21-13-17-18-12-20(30)19-11-16(32)7-10-24(19,3)29(18,31)22(33)14-25(17,4)28(21,23(34)15-39)27(37,38)9-6-2/h11,17-18,20-22,33,35-39H,5-10,12-15H2,1-4H3/t17-,18-,20?,21?,22?,24-,25-,28-,29-/m0/s1. The van der Waals surface area contributed by atoms with E-state index < -0.39 is 75.1 Å². The van der Waals surface area contributed by atoms with Crippen LogP contribution in [-0.2, 0) is 9.59 Å². The van der Waals surface area contributed by atoms with Crippen LogP contribution in [0.1, 0.15) is 85.5 Å². The Morgan fingerprint density at radius 2 is 1.72 bits per heavy atom. The van der Waals surface area contributed by atoms with Gasteiger partial charge in [0, 0.05) is 36.5 Å². The average Bonchev–Trinajstić information content (AvgIpc) is 3.12. The number of thiol groups is 1. The molecule has 4 rings (SSSR count). The minimum atomic E-state index is -2.74. The van der Waals surface area contributed by atoms with Crippen LogP contribution in [0.25, 0.3) is 0 Å². The van der Waals surface area contributed by atoms with E-state index in [1.807, 2.05) is 0 Å². The molecule has 0 spiro atoms. The Morgan fingerprint density at radius 1 is 1.10 bits per heavy atom. The summed E-state index contributed by atoms with van der Waals surface area (Å²) in [6.07, 6.45) is -3.10. The average molecular weight is 575 g/mol. The molecule has 7 nitrogen and oxygen atoms in total. The lowest BCUT2D eigenvalue weighted by Gasteiger charge is -2.65.